The normalized spacial score (nSPS) is 20.2. The molecule has 0 aromatic heterocycles. The number of hydrogen-bond acceptors (Lipinski definition) is 6. The monoisotopic (exact) mass is 397 g/mol. The molecule has 10 heteroatoms. The van der Waals surface area contributed by atoms with Crippen LogP contribution in [0.25, 0.3) is 0 Å². The summed E-state index contributed by atoms with van der Waals surface area (Å²) in [6.45, 7) is 4.36. The Balaban J connectivity index is 0.00000261. The van der Waals surface area contributed by atoms with E-state index in [2.05, 4.69) is 5.32 Å². The number of likely N-dealkylation sites (tertiary alicyclic amines) is 1. The Morgan fingerprint density at radius 2 is 2.11 bits per heavy atom. The van der Waals surface area contributed by atoms with Crippen LogP contribution >= 0.6 is 12.4 Å². The lowest BCUT2D eigenvalue weighted by Crippen LogP contribution is -2.57. The van der Waals surface area contributed by atoms with E-state index < -0.39 is 4.92 Å². The molecule has 0 aliphatic carbocycles. The smallest absolute Gasteiger partial charge is 0.293 e. The minimum absolute atomic E-state index is 0. The van der Waals surface area contributed by atoms with Gasteiger partial charge in [-0.25, -0.2) is 0 Å². The number of nitrogens with one attached hydrogen (secondary N) is 1. The third-order valence-electron chi connectivity index (χ3n) is 4.98. The highest BCUT2D eigenvalue weighted by Gasteiger charge is 2.33. The second kappa shape index (κ2) is 8.53. The summed E-state index contributed by atoms with van der Waals surface area (Å²) in [6.07, 6.45) is 1.63. The van der Waals surface area contributed by atoms with E-state index in [1.165, 1.54) is 6.07 Å². The number of nitrogens with zero attached hydrogens (tertiary/aromatic N) is 3. The molecular formula is C17H24ClN5O4. The standard InChI is InChI=1S/C17H23N5O4.ClH/c1-11-7-13(16(18)14(8-11)22(25)26)17(24)20-5-2-3-12(10-20)21-6-4-19-9-15(21)23;/h7-8,12,19H,2-6,9-10,18H2,1H3;1H. The van der Waals surface area contributed by atoms with Crippen LogP contribution in [-0.4, -0.2) is 65.3 Å². The molecule has 2 fully saturated rings. The van der Waals surface area contributed by atoms with E-state index in [0.717, 1.165) is 19.4 Å². The molecule has 27 heavy (non-hydrogen) atoms. The molecule has 0 spiro atoms. The topological polar surface area (TPSA) is 122 Å². The molecule has 2 aliphatic heterocycles. The third-order valence-corrected chi connectivity index (χ3v) is 4.98. The van der Waals surface area contributed by atoms with Gasteiger partial charge in [-0.1, -0.05) is 0 Å². The zero-order chi connectivity index (χ0) is 18.8. The predicted molar refractivity (Wildman–Crippen MR) is 103 cm³/mol. The van der Waals surface area contributed by atoms with Crippen LogP contribution in [0.15, 0.2) is 12.1 Å². The second-order valence-corrected chi connectivity index (χ2v) is 6.81. The molecule has 2 amide bonds. The first-order chi connectivity index (χ1) is 12.4. The largest absolute Gasteiger partial charge is 0.393 e. The van der Waals surface area contributed by atoms with Gasteiger partial charge in [-0.3, -0.25) is 19.7 Å². The molecule has 0 radical (unpaired) electrons. The van der Waals surface area contributed by atoms with Crippen LogP contribution in [0.1, 0.15) is 28.8 Å². The molecule has 2 aliphatic rings. The zero-order valence-corrected chi connectivity index (χ0v) is 16.0. The number of nitrogen functional groups attached to an aromatic ring is 1. The Labute approximate surface area is 163 Å². The molecule has 1 unspecified atom stereocenters. The minimum Gasteiger partial charge on any atom is -0.393 e. The number of piperazine rings is 1. The highest BCUT2D eigenvalue weighted by Crippen LogP contribution is 2.29. The summed E-state index contributed by atoms with van der Waals surface area (Å²) < 4.78 is 0. The molecule has 0 saturated carbocycles. The number of carbonyl (C=O) groups is 2. The first-order valence-electron chi connectivity index (χ1n) is 8.72. The number of nitrogens with two attached hydrogens (primary N) is 1. The van der Waals surface area contributed by atoms with Gasteiger partial charge in [0.15, 0.2) is 0 Å². The maximum absolute atomic E-state index is 13.0. The fraction of sp³-hybridized carbons (Fsp3) is 0.529. The number of nitro benzene ring substituents is 1. The molecule has 1 atom stereocenters. The number of nitro groups is 1. The molecule has 9 nitrogen and oxygen atoms in total. The van der Waals surface area contributed by atoms with Crippen molar-refractivity contribution in [1.82, 2.24) is 15.1 Å². The van der Waals surface area contributed by atoms with Crippen molar-refractivity contribution in [2.24, 2.45) is 0 Å². The van der Waals surface area contributed by atoms with Gasteiger partial charge in [0.1, 0.15) is 5.69 Å². The van der Waals surface area contributed by atoms with Gasteiger partial charge in [0.05, 0.1) is 17.0 Å². The van der Waals surface area contributed by atoms with E-state index >= 15 is 0 Å². The molecule has 3 rings (SSSR count). The highest BCUT2D eigenvalue weighted by atomic mass is 35.5. The average molecular weight is 398 g/mol. The van der Waals surface area contributed by atoms with Crippen LogP contribution in [0.2, 0.25) is 0 Å². The van der Waals surface area contributed by atoms with E-state index in [1.807, 2.05) is 4.90 Å². The fourth-order valence-electron chi connectivity index (χ4n) is 3.68. The van der Waals surface area contributed by atoms with Gasteiger partial charge in [0.2, 0.25) is 5.91 Å². The van der Waals surface area contributed by atoms with Gasteiger partial charge < -0.3 is 20.9 Å². The number of benzene rings is 1. The van der Waals surface area contributed by atoms with E-state index in [-0.39, 0.29) is 47.2 Å². The summed E-state index contributed by atoms with van der Waals surface area (Å²) in [5.41, 5.74) is 6.31. The van der Waals surface area contributed by atoms with Crippen molar-refractivity contribution in [2.45, 2.75) is 25.8 Å². The van der Waals surface area contributed by atoms with Crippen molar-refractivity contribution in [3.05, 3.63) is 33.4 Å². The summed E-state index contributed by atoms with van der Waals surface area (Å²) in [5.74, 6) is -0.275. The molecule has 2 heterocycles. The minimum atomic E-state index is -0.572. The summed E-state index contributed by atoms with van der Waals surface area (Å²) in [4.78, 5) is 39.2. The third kappa shape index (κ3) is 4.30. The van der Waals surface area contributed by atoms with Crippen molar-refractivity contribution in [1.29, 1.82) is 0 Å². The fourth-order valence-corrected chi connectivity index (χ4v) is 3.68. The van der Waals surface area contributed by atoms with Gasteiger partial charge in [-0.2, -0.15) is 0 Å². The van der Waals surface area contributed by atoms with Crippen molar-refractivity contribution < 1.29 is 14.5 Å². The van der Waals surface area contributed by atoms with Crippen LogP contribution in [0, 0.1) is 17.0 Å². The summed E-state index contributed by atoms with van der Waals surface area (Å²) >= 11 is 0. The number of amides is 2. The number of piperidine rings is 1. The van der Waals surface area contributed by atoms with Crippen molar-refractivity contribution in [3.63, 3.8) is 0 Å². The van der Waals surface area contributed by atoms with Gasteiger partial charge in [0.25, 0.3) is 11.6 Å². The van der Waals surface area contributed by atoms with Gasteiger partial charge in [0, 0.05) is 38.3 Å². The van der Waals surface area contributed by atoms with Gasteiger partial charge >= 0.3 is 0 Å². The molecule has 1 aromatic carbocycles. The van der Waals surface area contributed by atoms with Crippen LogP contribution in [-0.2, 0) is 4.79 Å². The Kier molecular flexibility index (Phi) is 6.61. The Morgan fingerprint density at radius 3 is 2.78 bits per heavy atom. The average Bonchev–Trinajstić information content (AvgIpc) is 2.63. The van der Waals surface area contributed by atoms with Crippen LogP contribution in [0.3, 0.4) is 0 Å². The number of halogens is 1. The van der Waals surface area contributed by atoms with Crippen molar-refractivity contribution >= 4 is 35.6 Å². The maximum atomic E-state index is 13.0. The zero-order valence-electron chi connectivity index (χ0n) is 15.1. The Morgan fingerprint density at radius 1 is 1.37 bits per heavy atom. The molecular weight excluding hydrogens is 374 g/mol. The van der Waals surface area contributed by atoms with Crippen LogP contribution in [0.4, 0.5) is 11.4 Å². The SMILES string of the molecule is Cc1cc(C(=O)N2CCCC(N3CCNCC3=O)C2)c(N)c([N+](=O)[O-])c1.Cl. The molecule has 3 N–H and O–H groups in total. The number of rotatable bonds is 3. The molecule has 1 aromatic rings. The Bertz CT molecular complexity index is 757. The number of anilines is 1. The van der Waals surface area contributed by atoms with Crippen molar-refractivity contribution in [3.8, 4) is 0 Å². The highest BCUT2D eigenvalue weighted by molar-refractivity contribution is 6.01. The van der Waals surface area contributed by atoms with E-state index in [1.54, 1.807) is 17.9 Å². The number of carbonyl (C=O) groups excluding carboxylic acids is 2. The summed E-state index contributed by atoms with van der Waals surface area (Å²) in [7, 11) is 0. The van der Waals surface area contributed by atoms with Gasteiger partial charge in [-0.15, -0.1) is 12.4 Å². The van der Waals surface area contributed by atoms with Crippen molar-refractivity contribution in [2.75, 3.05) is 38.5 Å². The van der Waals surface area contributed by atoms with E-state index in [4.69, 9.17) is 5.73 Å². The van der Waals surface area contributed by atoms with Crippen LogP contribution in [0.5, 0.6) is 0 Å². The first kappa shape index (κ1) is 20.9. The van der Waals surface area contributed by atoms with E-state index in [9.17, 15) is 19.7 Å². The summed E-state index contributed by atoms with van der Waals surface area (Å²) in [6, 6.07) is 2.93. The Hall–Kier alpha value is -2.39. The lowest BCUT2D eigenvalue weighted by molar-refractivity contribution is -0.384. The molecule has 148 valence electrons. The van der Waals surface area contributed by atoms with E-state index in [0.29, 0.717) is 31.7 Å². The predicted octanol–water partition coefficient (Wildman–Crippen LogP) is 0.944. The first-order valence-corrected chi connectivity index (χ1v) is 8.72. The lowest BCUT2D eigenvalue weighted by Gasteiger charge is -2.41. The number of hydrogen-bond donors (Lipinski definition) is 2. The lowest BCUT2D eigenvalue weighted by atomic mass is 10.0. The number of aryl methyl sites for hydroxylation is 1. The summed E-state index contributed by atoms with van der Waals surface area (Å²) in [5, 5.41) is 14.2. The van der Waals surface area contributed by atoms with Crippen LogP contribution < -0.4 is 11.1 Å². The second-order valence-electron chi connectivity index (χ2n) is 6.81. The maximum Gasteiger partial charge on any atom is 0.293 e. The molecule has 2 saturated heterocycles. The molecule has 0 bridgehead atoms. The quantitative estimate of drug-likeness (QED) is 0.444. The van der Waals surface area contributed by atoms with Gasteiger partial charge in [-0.05, 0) is 31.4 Å².